The third-order valence-corrected chi connectivity index (χ3v) is 5.28. The maximum Gasteiger partial charge on any atom is 0.288 e. The number of carbonyl (C=O) groups excluding carboxylic acids is 1. The molecule has 2 aromatic carbocycles. The van der Waals surface area contributed by atoms with Gasteiger partial charge in [0.05, 0.1) is 22.1 Å². The Morgan fingerprint density at radius 3 is 2.27 bits per heavy atom. The number of nitrogens with zero attached hydrogens (tertiary/aromatic N) is 1. The Morgan fingerprint density at radius 2 is 1.65 bits per heavy atom. The Bertz CT molecular complexity index is 926. The van der Waals surface area contributed by atoms with Gasteiger partial charge in [0.2, 0.25) is 15.7 Å². The number of anilines is 1. The molecule has 0 fully saturated rings. The van der Waals surface area contributed by atoms with Crippen molar-refractivity contribution in [2.24, 2.45) is 0 Å². The predicted molar refractivity (Wildman–Crippen MR) is 96.8 cm³/mol. The summed E-state index contributed by atoms with van der Waals surface area (Å²) in [4.78, 5) is 21.7. The van der Waals surface area contributed by atoms with Crippen molar-refractivity contribution in [3.05, 3.63) is 58.6 Å². The lowest BCUT2D eigenvalue weighted by molar-refractivity contribution is -0.387. The molecule has 26 heavy (non-hydrogen) atoms. The summed E-state index contributed by atoms with van der Waals surface area (Å²) in [5, 5.41) is 16.6. The zero-order chi connectivity index (χ0) is 19.3. The van der Waals surface area contributed by atoms with Gasteiger partial charge in [-0.15, -0.1) is 0 Å². The van der Waals surface area contributed by atoms with Crippen LogP contribution in [0, 0.1) is 10.1 Å². The summed E-state index contributed by atoms with van der Waals surface area (Å²) in [5.41, 5.74) is -0.301. The molecule has 2 aromatic rings. The van der Waals surface area contributed by atoms with Crippen LogP contribution >= 0.6 is 0 Å². The first-order valence-corrected chi connectivity index (χ1v) is 9.32. The molecule has 0 aliphatic heterocycles. The topological polar surface area (TPSA) is 118 Å². The van der Waals surface area contributed by atoms with Gasteiger partial charge in [0.25, 0.3) is 5.69 Å². The summed E-state index contributed by atoms with van der Waals surface area (Å²) in [5.74, 6) is -0.294. The summed E-state index contributed by atoms with van der Waals surface area (Å²) < 4.78 is 25.9. The Balaban J connectivity index is 2.40. The summed E-state index contributed by atoms with van der Waals surface area (Å²) in [7, 11) is -4.15. The van der Waals surface area contributed by atoms with Gasteiger partial charge in [0, 0.05) is 12.1 Å². The lowest BCUT2D eigenvalue weighted by atomic mass is 10.3. The Labute approximate surface area is 151 Å². The highest BCUT2D eigenvalue weighted by Crippen LogP contribution is 2.32. The molecule has 0 spiro atoms. The fraction of sp³-hybridized carbons (Fsp3) is 0.235. The molecule has 0 unspecified atom stereocenters. The summed E-state index contributed by atoms with van der Waals surface area (Å²) in [6.07, 6.45) is 0. The number of sulfone groups is 1. The van der Waals surface area contributed by atoms with Crippen LogP contribution in [0.2, 0.25) is 0 Å². The SMILES string of the molecule is CC(C)NC(=O)CNc1ccccc1S(=O)(=O)c1ccccc1[N+](=O)[O-]. The van der Waals surface area contributed by atoms with E-state index in [-0.39, 0.29) is 29.1 Å². The van der Waals surface area contributed by atoms with Gasteiger partial charge in [-0.25, -0.2) is 8.42 Å². The van der Waals surface area contributed by atoms with E-state index in [1.165, 1.54) is 36.4 Å². The Kier molecular flexibility index (Phi) is 5.93. The van der Waals surface area contributed by atoms with Crippen LogP contribution in [-0.2, 0) is 14.6 Å². The monoisotopic (exact) mass is 377 g/mol. The molecule has 0 atom stereocenters. The molecule has 0 bridgehead atoms. The minimum atomic E-state index is -4.15. The number of nitro groups is 1. The molecule has 0 aromatic heterocycles. The molecule has 0 aliphatic rings. The molecule has 0 radical (unpaired) electrons. The van der Waals surface area contributed by atoms with Crippen LogP contribution < -0.4 is 10.6 Å². The van der Waals surface area contributed by atoms with E-state index < -0.39 is 25.3 Å². The number of nitro benzene ring substituents is 1. The number of para-hydroxylation sites is 2. The summed E-state index contributed by atoms with van der Waals surface area (Å²) in [6, 6.07) is 11.1. The van der Waals surface area contributed by atoms with E-state index in [4.69, 9.17) is 0 Å². The van der Waals surface area contributed by atoms with E-state index in [9.17, 15) is 23.3 Å². The molecule has 2 N–H and O–H groups in total. The van der Waals surface area contributed by atoms with Crippen LogP contribution in [0.15, 0.2) is 58.3 Å². The van der Waals surface area contributed by atoms with Crippen molar-refractivity contribution in [1.82, 2.24) is 5.32 Å². The predicted octanol–water partition coefficient (Wildman–Crippen LogP) is 2.36. The van der Waals surface area contributed by atoms with Gasteiger partial charge >= 0.3 is 0 Å². The number of nitrogens with one attached hydrogen (secondary N) is 2. The first kappa shape index (κ1) is 19.4. The number of hydrogen-bond acceptors (Lipinski definition) is 6. The van der Waals surface area contributed by atoms with E-state index in [0.717, 1.165) is 6.07 Å². The first-order chi connectivity index (χ1) is 12.2. The average Bonchev–Trinajstić information content (AvgIpc) is 2.59. The van der Waals surface area contributed by atoms with Gasteiger partial charge < -0.3 is 10.6 Å². The largest absolute Gasteiger partial charge is 0.375 e. The lowest BCUT2D eigenvalue weighted by Crippen LogP contribution is -2.35. The molecule has 0 saturated heterocycles. The average molecular weight is 377 g/mol. The van der Waals surface area contributed by atoms with E-state index in [1.807, 2.05) is 13.8 Å². The van der Waals surface area contributed by atoms with Gasteiger partial charge in [-0.05, 0) is 32.0 Å². The molecular weight excluding hydrogens is 358 g/mol. The molecule has 138 valence electrons. The Morgan fingerprint density at radius 1 is 1.08 bits per heavy atom. The zero-order valence-electron chi connectivity index (χ0n) is 14.3. The van der Waals surface area contributed by atoms with Gasteiger partial charge in [-0.3, -0.25) is 14.9 Å². The molecule has 9 heteroatoms. The van der Waals surface area contributed by atoms with Crippen LogP contribution in [0.1, 0.15) is 13.8 Å². The highest BCUT2D eigenvalue weighted by molar-refractivity contribution is 7.91. The first-order valence-electron chi connectivity index (χ1n) is 7.84. The third-order valence-electron chi connectivity index (χ3n) is 3.42. The molecule has 0 heterocycles. The summed E-state index contributed by atoms with van der Waals surface area (Å²) >= 11 is 0. The van der Waals surface area contributed by atoms with Crippen LogP contribution in [0.25, 0.3) is 0 Å². The molecule has 2 rings (SSSR count). The molecule has 1 amide bonds. The highest BCUT2D eigenvalue weighted by atomic mass is 32.2. The van der Waals surface area contributed by atoms with Gasteiger partial charge in [-0.1, -0.05) is 24.3 Å². The van der Waals surface area contributed by atoms with Crippen LogP contribution in [0.4, 0.5) is 11.4 Å². The van der Waals surface area contributed by atoms with Gasteiger partial charge in [0.1, 0.15) is 4.90 Å². The minimum Gasteiger partial charge on any atom is -0.375 e. The number of hydrogen-bond donors (Lipinski definition) is 2. The quantitative estimate of drug-likeness (QED) is 0.565. The van der Waals surface area contributed by atoms with Gasteiger partial charge in [-0.2, -0.15) is 0 Å². The zero-order valence-corrected chi connectivity index (χ0v) is 15.1. The molecule has 0 aliphatic carbocycles. The lowest BCUT2D eigenvalue weighted by Gasteiger charge is -2.14. The van der Waals surface area contributed by atoms with Crippen molar-refractivity contribution >= 4 is 27.1 Å². The fourth-order valence-electron chi connectivity index (χ4n) is 2.35. The normalized spacial score (nSPS) is 11.2. The number of rotatable bonds is 7. The summed E-state index contributed by atoms with van der Waals surface area (Å²) in [6.45, 7) is 3.50. The third kappa shape index (κ3) is 4.37. The van der Waals surface area contributed by atoms with Crippen LogP contribution in [-0.4, -0.2) is 31.8 Å². The van der Waals surface area contributed by atoms with Crippen molar-refractivity contribution in [3.8, 4) is 0 Å². The van der Waals surface area contributed by atoms with E-state index >= 15 is 0 Å². The van der Waals surface area contributed by atoms with Crippen molar-refractivity contribution in [1.29, 1.82) is 0 Å². The second-order valence-electron chi connectivity index (χ2n) is 5.80. The fourth-order valence-corrected chi connectivity index (χ4v) is 3.95. The van der Waals surface area contributed by atoms with Crippen LogP contribution in [0.5, 0.6) is 0 Å². The smallest absolute Gasteiger partial charge is 0.288 e. The van der Waals surface area contributed by atoms with Gasteiger partial charge in [0.15, 0.2) is 0 Å². The number of amides is 1. The van der Waals surface area contributed by atoms with E-state index in [1.54, 1.807) is 6.07 Å². The second kappa shape index (κ2) is 7.96. The number of carbonyl (C=O) groups is 1. The minimum absolute atomic E-state index is 0.0461. The maximum absolute atomic E-state index is 13.0. The van der Waals surface area contributed by atoms with Crippen molar-refractivity contribution in [2.45, 2.75) is 29.7 Å². The van der Waals surface area contributed by atoms with Crippen molar-refractivity contribution in [3.63, 3.8) is 0 Å². The number of benzene rings is 2. The van der Waals surface area contributed by atoms with Crippen molar-refractivity contribution in [2.75, 3.05) is 11.9 Å². The van der Waals surface area contributed by atoms with E-state index in [0.29, 0.717) is 0 Å². The molecule has 0 saturated carbocycles. The molecule has 8 nitrogen and oxygen atoms in total. The van der Waals surface area contributed by atoms with Crippen LogP contribution in [0.3, 0.4) is 0 Å². The standard InChI is InChI=1S/C17H19N3O5S/c1-12(2)19-17(21)11-18-13-7-3-5-9-15(13)26(24,25)16-10-6-4-8-14(16)20(22)23/h3-10,12,18H,11H2,1-2H3,(H,19,21). The maximum atomic E-state index is 13.0. The Hall–Kier alpha value is -2.94. The second-order valence-corrected chi connectivity index (χ2v) is 7.69. The molecular formula is C17H19N3O5S. The van der Waals surface area contributed by atoms with Crippen molar-refractivity contribution < 1.29 is 18.1 Å². The highest BCUT2D eigenvalue weighted by Gasteiger charge is 2.29. The van der Waals surface area contributed by atoms with E-state index in [2.05, 4.69) is 10.6 Å².